The van der Waals surface area contributed by atoms with E-state index < -0.39 is 0 Å². The summed E-state index contributed by atoms with van der Waals surface area (Å²) in [5.74, 6) is 1.62. The fourth-order valence-electron chi connectivity index (χ4n) is 2.33. The van der Waals surface area contributed by atoms with Crippen LogP contribution in [0.3, 0.4) is 0 Å². The first-order chi connectivity index (χ1) is 11.8. The fraction of sp³-hybridized carbons (Fsp3) is 0.158. The van der Waals surface area contributed by atoms with Gasteiger partial charge in [-0.2, -0.15) is 0 Å². The van der Waals surface area contributed by atoms with Gasteiger partial charge in [-0.3, -0.25) is 0 Å². The van der Waals surface area contributed by atoms with Crippen LogP contribution in [0.4, 0.5) is 11.6 Å². The third-order valence-electron chi connectivity index (χ3n) is 3.62. The van der Waals surface area contributed by atoms with Crippen LogP contribution < -0.4 is 10.6 Å². The van der Waals surface area contributed by atoms with Crippen LogP contribution in [0.25, 0.3) is 0 Å². The molecule has 2 aromatic carbocycles. The second kappa shape index (κ2) is 8.31. The fourth-order valence-corrected chi connectivity index (χ4v) is 2.45. The number of hydrogen-bond donors (Lipinski definition) is 2. The van der Waals surface area contributed by atoms with E-state index in [0.717, 1.165) is 36.2 Å². The van der Waals surface area contributed by atoms with Gasteiger partial charge in [0.15, 0.2) is 0 Å². The predicted molar refractivity (Wildman–Crippen MR) is 99.4 cm³/mol. The van der Waals surface area contributed by atoms with Crippen LogP contribution in [0, 0.1) is 0 Å². The van der Waals surface area contributed by atoms with Crippen LogP contribution in [0.15, 0.2) is 67.0 Å². The van der Waals surface area contributed by atoms with Gasteiger partial charge < -0.3 is 10.6 Å². The Morgan fingerprint density at radius 3 is 2.25 bits per heavy atom. The molecule has 4 nitrogen and oxygen atoms in total. The maximum Gasteiger partial charge on any atom is 0.131 e. The van der Waals surface area contributed by atoms with Gasteiger partial charge in [0.2, 0.25) is 0 Å². The van der Waals surface area contributed by atoms with E-state index in [1.165, 1.54) is 11.1 Å². The van der Waals surface area contributed by atoms with Gasteiger partial charge in [0.25, 0.3) is 0 Å². The van der Waals surface area contributed by atoms with Crippen molar-refractivity contribution in [1.29, 1.82) is 0 Å². The second-order valence-electron chi connectivity index (χ2n) is 5.43. The lowest BCUT2D eigenvalue weighted by atomic mass is 10.1. The Hall–Kier alpha value is -2.59. The predicted octanol–water partition coefficient (Wildman–Crippen LogP) is 4.40. The number of aromatic nitrogens is 2. The molecule has 0 spiro atoms. The zero-order chi connectivity index (χ0) is 16.6. The van der Waals surface area contributed by atoms with E-state index in [9.17, 15) is 0 Å². The Kier molecular flexibility index (Phi) is 5.64. The van der Waals surface area contributed by atoms with E-state index >= 15 is 0 Å². The molecule has 0 fully saturated rings. The van der Waals surface area contributed by atoms with Crippen molar-refractivity contribution in [3.8, 4) is 0 Å². The highest BCUT2D eigenvalue weighted by Crippen LogP contribution is 2.12. The van der Waals surface area contributed by atoms with Gasteiger partial charge in [0.1, 0.15) is 18.0 Å². The molecule has 0 unspecified atom stereocenters. The summed E-state index contributed by atoms with van der Waals surface area (Å²) in [5, 5.41) is 7.39. The van der Waals surface area contributed by atoms with E-state index in [4.69, 9.17) is 11.6 Å². The molecule has 0 bridgehead atoms. The molecule has 0 saturated carbocycles. The highest BCUT2D eigenvalue weighted by Gasteiger charge is 2.00. The molecule has 0 saturated heterocycles. The van der Waals surface area contributed by atoms with Crippen LogP contribution in [0.1, 0.15) is 11.1 Å². The minimum absolute atomic E-state index is 0.738. The maximum absolute atomic E-state index is 5.89. The van der Waals surface area contributed by atoms with Crippen LogP contribution in [-0.2, 0) is 13.0 Å². The molecule has 122 valence electrons. The van der Waals surface area contributed by atoms with Crippen molar-refractivity contribution < 1.29 is 0 Å². The molecule has 0 atom stereocenters. The molecule has 1 heterocycles. The summed E-state index contributed by atoms with van der Waals surface area (Å²) in [6.45, 7) is 1.54. The average Bonchev–Trinajstić information content (AvgIpc) is 2.63. The molecule has 24 heavy (non-hydrogen) atoms. The topological polar surface area (TPSA) is 49.8 Å². The van der Waals surface area contributed by atoms with E-state index in [2.05, 4.69) is 32.7 Å². The van der Waals surface area contributed by atoms with Crippen molar-refractivity contribution in [3.05, 3.63) is 83.1 Å². The van der Waals surface area contributed by atoms with Crippen molar-refractivity contribution >= 4 is 23.2 Å². The first kappa shape index (κ1) is 16.3. The Morgan fingerprint density at radius 1 is 0.792 bits per heavy atom. The summed E-state index contributed by atoms with van der Waals surface area (Å²) in [7, 11) is 0. The number of rotatable bonds is 7. The van der Waals surface area contributed by atoms with Crippen molar-refractivity contribution in [2.24, 2.45) is 0 Å². The lowest BCUT2D eigenvalue weighted by Gasteiger charge is -2.09. The van der Waals surface area contributed by atoms with E-state index in [-0.39, 0.29) is 0 Å². The summed E-state index contributed by atoms with van der Waals surface area (Å²) < 4.78 is 0. The molecule has 0 amide bonds. The van der Waals surface area contributed by atoms with Crippen molar-refractivity contribution in [2.45, 2.75) is 13.0 Å². The number of benzene rings is 2. The van der Waals surface area contributed by atoms with Gasteiger partial charge in [0.05, 0.1) is 0 Å². The van der Waals surface area contributed by atoms with Gasteiger partial charge in [-0.15, -0.1) is 0 Å². The molecule has 3 rings (SSSR count). The van der Waals surface area contributed by atoms with Gasteiger partial charge >= 0.3 is 0 Å². The van der Waals surface area contributed by atoms with Gasteiger partial charge in [-0.1, -0.05) is 54.1 Å². The van der Waals surface area contributed by atoms with Gasteiger partial charge in [-0.25, -0.2) is 9.97 Å². The SMILES string of the molecule is Clc1ccc(CCNc2cc(NCc3ccccc3)ncn2)cc1. The highest BCUT2D eigenvalue weighted by atomic mass is 35.5. The molecule has 0 aliphatic rings. The number of nitrogens with zero attached hydrogens (tertiary/aromatic N) is 2. The van der Waals surface area contributed by atoms with E-state index in [1.807, 2.05) is 48.5 Å². The van der Waals surface area contributed by atoms with E-state index in [0.29, 0.717) is 0 Å². The normalized spacial score (nSPS) is 10.4. The average molecular weight is 339 g/mol. The zero-order valence-electron chi connectivity index (χ0n) is 13.2. The monoisotopic (exact) mass is 338 g/mol. The molecule has 0 aliphatic carbocycles. The first-order valence-corrected chi connectivity index (χ1v) is 8.25. The summed E-state index contributed by atoms with van der Waals surface area (Å²) in [5.41, 5.74) is 2.46. The Morgan fingerprint density at radius 2 is 1.50 bits per heavy atom. The van der Waals surface area contributed by atoms with Crippen LogP contribution >= 0.6 is 11.6 Å². The van der Waals surface area contributed by atoms with Crippen molar-refractivity contribution in [3.63, 3.8) is 0 Å². The molecule has 2 N–H and O–H groups in total. The molecule has 0 aliphatic heterocycles. The Bertz CT molecular complexity index is 760. The first-order valence-electron chi connectivity index (χ1n) is 7.88. The molecule has 0 radical (unpaired) electrons. The van der Waals surface area contributed by atoms with Crippen LogP contribution in [0.5, 0.6) is 0 Å². The lowest BCUT2D eigenvalue weighted by molar-refractivity contribution is 0.996. The molecular weight excluding hydrogens is 320 g/mol. The van der Waals surface area contributed by atoms with Gasteiger partial charge in [-0.05, 0) is 29.7 Å². The third kappa shape index (κ3) is 4.96. The minimum atomic E-state index is 0.738. The molecular formula is C19H19ClN4. The van der Waals surface area contributed by atoms with Crippen molar-refractivity contribution in [1.82, 2.24) is 9.97 Å². The smallest absolute Gasteiger partial charge is 0.131 e. The zero-order valence-corrected chi connectivity index (χ0v) is 14.0. The Balaban J connectivity index is 1.50. The van der Waals surface area contributed by atoms with Crippen molar-refractivity contribution in [2.75, 3.05) is 17.2 Å². The van der Waals surface area contributed by atoms with Gasteiger partial charge in [0, 0.05) is 24.2 Å². The quantitative estimate of drug-likeness (QED) is 0.670. The van der Waals surface area contributed by atoms with Crippen LogP contribution in [0.2, 0.25) is 5.02 Å². The Labute approximate surface area is 146 Å². The summed E-state index contributed by atoms with van der Waals surface area (Å²) >= 11 is 5.89. The standard InChI is InChI=1S/C19H19ClN4/c20-17-8-6-15(7-9-17)10-11-21-18-12-19(24-14-23-18)22-13-16-4-2-1-3-5-16/h1-9,12,14H,10-11,13H2,(H2,21,22,23,24). The lowest BCUT2D eigenvalue weighted by Crippen LogP contribution is -2.08. The summed E-state index contributed by atoms with van der Waals surface area (Å²) in [6, 6.07) is 20.1. The largest absolute Gasteiger partial charge is 0.370 e. The molecule has 3 aromatic rings. The molecule has 5 heteroatoms. The maximum atomic E-state index is 5.89. The third-order valence-corrected chi connectivity index (χ3v) is 3.87. The highest BCUT2D eigenvalue weighted by molar-refractivity contribution is 6.30. The number of anilines is 2. The molecule has 1 aromatic heterocycles. The van der Waals surface area contributed by atoms with E-state index in [1.54, 1.807) is 6.33 Å². The second-order valence-corrected chi connectivity index (χ2v) is 5.87. The number of halogens is 1. The summed E-state index contributed by atoms with van der Waals surface area (Å²) in [4.78, 5) is 8.51. The number of hydrogen-bond acceptors (Lipinski definition) is 4. The minimum Gasteiger partial charge on any atom is -0.370 e. The number of nitrogens with one attached hydrogen (secondary N) is 2. The summed E-state index contributed by atoms with van der Waals surface area (Å²) in [6.07, 6.45) is 2.48. The van der Waals surface area contributed by atoms with Crippen LogP contribution in [-0.4, -0.2) is 16.5 Å².